The number of benzene rings is 1. The fourth-order valence-electron chi connectivity index (χ4n) is 1.72. The summed E-state index contributed by atoms with van der Waals surface area (Å²) in [5, 5.41) is 18.0. The third kappa shape index (κ3) is 5.67. The number of ether oxygens (including phenoxy) is 1. The lowest BCUT2D eigenvalue weighted by atomic mass is 10.2. The van der Waals surface area contributed by atoms with Crippen LogP contribution >= 0.6 is 0 Å². The first kappa shape index (κ1) is 14.5. The largest absolute Gasteiger partial charge is 0.494 e. The molecule has 4 heteroatoms. The van der Waals surface area contributed by atoms with Gasteiger partial charge < -0.3 is 14.7 Å². The maximum Gasteiger partial charge on any atom is 0.120 e. The molecular weight excluding hydrogens is 228 g/mol. The number of hydrogen-bond donors (Lipinski definition) is 1. The van der Waals surface area contributed by atoms with E-state index < -0.39 is 0 Å². The summed E-state index contributed by atoms with van der Waals surface area (Å²) >= 11 is 0. The zero-order chi connectivity index (χ0) is 13.4. The van der Waals surface area contributed by atoms with Crippen LogP contribution in [0.2, 0.25) is 0 Å². The van der Waals surface area contributed by atoms with E-state index in [0.717, 1.165) is 18.7 Å². The predicted molar refractivity (Wildman–Crippen MR) is 70.4 cm³/mol. The van der Waals surface area contributed by atoms with E-state index in [9.17, 15) is 5.11 Å². The highest BCUT2D eigenvalue weighted by Gasteiger charge is 2.02. The maximum atomic E-state index is 9.21. The summed E-state index contributed by atoms with van der Waals surface area (Å²) < 4.78 is 5.56. The van der Waals surface area contributed by atoms with Crippen molar-refractivity contribution in [2.45, 2.75) is 19.4 Å². The molecule has 0 amide bonds. The molecule has 0 saturated heterocycles. The quantitative estimate of drug-likeness (QED) is 0.745. The van der Waals surface area contributed by atoms with Crippen molar-refractivity contribution in [3.63, 3.8) is 0 Å². The molecule has 4 nitrogen and oxygen atoms in total. The average molecular weight is 248 g/mol. The van der Waals surface area contributed by atoms with Crippen LogP contribution in [0.4, 0.5) is 0 Å². The Hall–Kier alpha value is -1.57. The standard InChI is InChI=1S/C14H20N2O2/c1-12(17)11-16(2)7-4-8-18-14-6-3-5-13(9-14)10-15/h3,5-6,9,12,17H,4,7-8,11H2,1-2H3. The average Bonchev–Trinajstić information content (AvgIpc) is 2.34. The van der Waals surface area contributed by atoms with Crippen LogP contribution in [0.25, 0.3) is 0 Å². The summed E-state index contributed by atoms with van der Waals surface area (Å²) in [5.41, 5.74) is 0.610. The van der Waals surface area contributed by atoms with Crippen molar-refractivity contribution in [3.8, 4) is 11.8 Å². The van der Waals surface area contributed by atoms with E-state index in [1.165, 1.54) is 0 Å². The molecule has 98 valence electrons. The van der Waals surface area contributed by atoms with Crippen LogP contribution in [0, 0.1) is 11.3 Å². The van der Waals surface area contributed by atoms with Crippen molar-refractivity contribution in [1.29, 1.82) is 5.26 Å². The smallest absolute Gasteiger partial charge is 0.120 e. The second kappa shape index (κ2) is 7.70. The van der Waals surface area contributed by atoms with E-state index in [0.29, 0.717) is 18.7 Å². The summed E-state index contributed by atoms with van der Waals surface area (Å²) in [5.74, 6) is 0.729. The minimum Gasteiger partial charge on any atom is -0.494 e. The normalized spacial score (nSPS) is 12.2. The van der Waals surface area contributed by atoms with Gasteiger partial charge in [-0.25, -0.2) is 0 Å². The second-order valence-electron chi connectivity index (χ2n) is 4.45. The lowest BCUT2D eigenvalue weighted by Crippen LogP contribution is -2.28. The molecular formula is C14H20N2O2. The number of aliphatic hydroxyl groups excluding tert-OH is 1. The molecule has 1 unspecified atom stereocenters. The van der Waals surface area contributed by atoms with E-state index >= 15 is 0 Å². The zero-order valence-electron chi connectivity index (χ0n) is 11.0. The Morgan fingerprint density at radius 1 is 1.50 bits per heavy atom. The molecule has 0 spiro atoms. The minimum absolute atomic E-state index is 0.303. The highest BCUT2D eigenvalue weighted by atomic mass is 16.5. The Bertz CT molecular complexity index is 399. The first-order valence-electron chi connectivity index (χ1n) is 6.11. The monoisotopic (exact) mass is 248 g/mol. The van der Waals surface area contributed by atoms with Gasteiger partial charge in [0.05, 0.1) is 24.3 Å². The fourth-order valence-corrected chi connectivity index (χ4v) is 1.72. The Morgan fingerprint density at radius 3 is 2.94 bits per heavy atom. The molecule has 1 atom stereocenters. The lowest BCUT2D eigenvalue weighted by molar-refractivity contribution is 0.137. The van der Waals surface area contributed by atoms with E-state index in [4.69, 9.17) is 10.00 Å². The maximum absolute atomic E-state index is 9.21. The number of likely N-dealkylation sites (N-methyl/N-ethyl adjacent to an activating group) is 1. The first-order chi connectivity index (χ1) is 8.61. The SMILES string of the molecule is CC(O)CN(C)CCCOc1cccc(C#N)c1. The third-order valence-corrected chi connectivity index (χ3v) is 2.49. The van der Waals surface area contributed by atoms with E-state index in [1.54, 1.807) is 19.1 Å². The number of hydrogen-bond acceptors (Lipinski definition) is 4. The molecule has 1 rings (SSSR count). The van der Waals surface area contributed by atoms with Gasteiger partial charge in [-0.3, -0.25) is 0 Å². The summed E-state index contributed by atoms with van der Waals surface area (Å²) in [6, 6.07) is 9.23. The Labute approximate surface area is 108 Å². The van der Waals surface area contributed by atoms with E-state index in [-0.39, 0.29) is 6.10 Å². The summed E-state index contributed by atoms with van der Waals surface area (Å²) in [4.78, 5) is 2.07. The highest BCUT2D eigenvalue weighted by Crippen LogP contribution is 2.12. The van der Waals surface area contributed by atoms with Gasteiger partial charge in [-0.05, 0) is 38.6 Å². The molecule has 1 aromatic rings. The van der Waals surface area contributed by atoms with Crippen molar-refractivity contribution in [1.82, 2.24) is 4.90 Å². The molecule has 1 N–H and O–H groups in total. The number of aliphatic hydroxyl groups is 1. The van der Waals surface area contributed by atoms with E-state index in [1.807, 2.05) is 19.2 Å². The second-order valence-corrected chi connectivity index (χ2v) is 4.45. The van der Waals surface area contributed by atoms with Crippen LogP contribution < -0.4 is 4.74 Å². The molecule has 0 bridgehead atoms. The summed E-state index contributed by atoms with van der Waals surface area (Å²) in [6.45, 7) is 3.94. The van der Waals surface area contributed by atoms with Gasteiger partial charge in [-0.1, -0.05) is 6.07 Å². The molecule has 0 aliphatic rings. The Kier molecular flexibility index (Phi) is 6.20. The van der Waals surface area contributed by atoms with Crippen LogP contribution in [0.1, 0.15) is 18.9 Å². The summed E-state index contributed by atoms with van der Waals surface area (Å²) in [7, 11) is 1.98. The van der Waals surface area contributed by atoms with Gasteiger partial charge in [-0.15, -0.1) is 0 Å². The van der Waals surface area contributed by atoms with Crippen molar-refractivity contribution in [2.24, 2.45) is 0 Å². The molecule has 0 aliphatic carbocycles. The molecule has 0 aromatic heterocycles. The van der Waals surface area contributed by atoms with Crippen molar-refractivity contribution in [2.75, 3.05) is 26.7 Å². The molecule has 1 aromatic carbocycles. The molecule has 0 radical (unpaired) electrons. The van der Waals surface area contributed by atoms with Gasteiger partial charge in [0.2, 0.25) is 0 Å². The molecule has 0 saturated carbocycles. The number of rotatable bonds is 7. The van der Waals surface area contributed by atoms with Crippen LogP contribution in [0.3, 0.4) is 0 Å². The number of nitrogens with zero attached hydrogens (tertiary/aromatic N) is 2. The van der Waals surface area contributed by atoms with Gasteiger partial charge in [0.25, 0.3) is 0 Å². The van der Waals surface area contributed by atoms with Gasteiger partial charge in [0.15, 0.2) is 0 Å². The van der Waals surface area contributed by atoms with Crippen LogP contribution in [-0.2, 0) is 0 Å². The van der Waals surface area contributed by atoms with Crippen molar-refractivity contribution >= 4 is 0 Å². The summed E-state index contributed by atoms with van der Waals surface area (Å²) in [6.07, 6.45) is 0.586. The van der Waals surface area contributed by atoms with Crippen LogP contribution in [0.5, 0.6) is 5.75 Å². The van der Waals surface area contributed by atoms with Gasteiger partial charge in [0.1, 0.15) is 5.75 Å². The molecule has 0 fully saturated rings. The molecule has 0 aliphatic heterocycles. The number of nitriles is 1. The van der Waals surface area contributed by atoms with Crippen LogP contribution in [-0.4, -0.2) is 42.9 Å². The first-order valence-corrected chi connectivity index (χ1v) is 6.11. The minimum atomic E-state index is -0.303. The predicted octanol–water partition coefficient (Wildman–Crippen LogP) is 1.64. The topological polar surface area (TPSA) is 56.5 Å². The molecule has 18 heavy (non-hydrogen) atoms. The van der Waals surface area contributed by atoms with Gasteiger partial charge in [-0.2, -0.15) is 5.26 Å². The van der Waals surface area contributed by atoms with Crippen molar-refractivity contribution in [3.05, 3.63) is 29.8 Å². The fraction of sp³-hybridized carbons (Fsp3) is 0.500. The van der Waals surface area contributed by atoms with Crippen molar-refractivity contribution < 1.29 is 9.84 Å². The Morgan fingerprint density at radius 2 is 2.28 bits per heavy atom. The highest BCUT2D eigenvalue weighted by molar-refractivity contribution is 5.36. The van der Waals surface area contributed by atoms with Gasteiger partial charge >= 0.3 is 0 Å². The molecule has 0 heterocycles. The van der Waals surface area contributed by atoms with E-state index in [2.05, 4.69) is 11.0 Å². The van der Waals surface area contributed by atoms with Gasteiger partial charge in [0, 0.05) is 13.1 Å². The Balaban J connectivity index is 2.23. The van der Waals surface area contributed by atoms with Crippen LogP contribution in [0.15, 0.2) is 24.3 Å². The lowest BCUT2D eigenvalue weighted by Gasteiger charge is -2.18. The third-order valence-electron chi connectivity index (χ3n) is 2.49. The zero-order valence-corrected chi connectivity index (χ0v) is 11.0.